The van der Waals surface area contributed by atoms with Crippen LogP contribution in [0.2, 0.25) is 0 Å². The first kappa shape index (κ1) is 11.0. The average molecular weight is 238 g/mol. The summed E-state index contributed by atoms with van der Waals surface area (Å²) in [5, 5.41) is 0.846. The number of ether oxygens (including phenoxy) is 1. The molecule has 0 aromatic rings. The summed E-state index contributed by atoms with van der Waals surface area (Å²) in [5.41, 5.74) is 0. The SMILES string of the molecule is O=COC1=CC(=O)N(N2C(=O)CCC2=O)C1=O. The quantitative estimate of drug-likeness (QED) is 0.437. The van der Waals surface area contributed by atoms with E-state index in [0.717, 1.165) is 6.08 Å². The molecule has 0 saturated carbocycles. The highest BCUT2D eigenvalue weighted by atomic mass is 16.5. The Bertz CT molecular complexity index is 464. The zero-order valence-corrected chi connectivity index (χ0v) is 8.41. The fourth-order valence-corrected chi connectivity index (χ4v) is 1.55. The molecule has 0 aliphatic carbocycles. The third-order valence-electron chi connectivity index (χ3n) is 2.27. The van der Waals surface area contributed by atoms with Gasteiger partial charge in [0.25, 0.3) is 12.4 Å². The molecule has 17 heavy (non-hydrogen) atoms. The maximum absolute atomic E-state index is 11.6. The lowest BCUT2D eigenvalue weighted by molar-refractivity contribution is -0.171. The molecule has 2 heterocycles. The molecule has 88 valence electrons. The number of carbonyl (C=O) groups excluding carboxylic acids is 5. The zero-order valence-electron chi connectivity index (χ0n) is 8.41. The molecule has 2 aliphatic heterocycles. The zero-order chi connectivity index (χ0) is 12.6. The van der Waals surface area contributed by atoms with E-state index >= 15 is 0 Å². The van der Waals surface area contributed by atoms with Gasteiger partial charge in [0.2, 0.25) is 17.6 Å². The smallest absolute Gasteiger partial charge is 0.316 e. The van der Waals surface area contributed by atoms with E-state index in [1.807, 2.05) is 0 Å². The van der Waals surface area contributed by atoms with Gasteiger partial charge in [-0.3, -0.25) is 24.0 Å². The van der Waals surface area contributed by atoms with Crippen LogP contribution >= 0.6 is 0 Å². The van der Waals surface area contributed by atoms with Gasteiger partial charge in [-0.2, -0.15) is 10.0 Å². The molecule has 0 N–H and O–H groups in total. The molecule has 8 nitrogen and oxygen atoms in total. The van der Waals surface area contributed by atoms with Gasteiger partial charge in [0.1, 0.15) is 0 Å². The number of carbonyl (C=O) groups is 5. The van der Waals surface area contributed by atoms with Crippen molar-refractivity contribution in [2.45, 2.75) is 12.8 Å². The molecule has 0 bridgehead atoms. The number of hydrazine groups is 1. The molecule has 0 aromatic heterocycles. The van der Waals surface area contributed by atoms with Crippen molar-refractivity contribution in [3.05, 3.63) is 11.8 Å². The van der Waals surface area contributed by atoms with Crippen LogP contribution in [0, 0.1) is 0 Å². The van der Waals surface area contributed by atoms with Crippen LogP contribution in [-0.4, -0.2) is 40.1 Å². The van der Waals surface area contributed by atoms with Crippen LogP contribution in [0.1, 0.15) is 12.8 Å². The molecular weight excluding hydrogens is 232 g/mol. The van der Waals surface area contributed by atoms with Crippen molar-refractivity contribution in [2.75, 3.05) is 0 Å². The van der Waals surface area contributed by atoms with Crippen molar-refractivity contribution in [1.82, 2.24) is 10.0 Å². The molecule has 0 radical (unpaired) electrons. The van der Waals surface area contributed by atoms with E-state index in [9.17, 15) is 24.0 Å². The summed E-state index contributed by atoms with van der Waals surface area (Å²) in [6.45, 7) is -0.0197. The lowest BCUT2D eigenvalue weighted by Crippen LogP contribution is -2.49. The van der Waals surface area contributed by atoms with Gasteiger partial charge in [0, 0.05) is 12.8 Å². The van der Waals surface area contributed by atoms with E-state index in [-0.39, 0.29) is 19.3 Å². The molecule has 0 atom stereocenters. The van der Waals surface area contributed by atoms with Crippen molar-refractivity contribution in [1.29, 1.82) is 0 Å². The highest BCUT2D eigenvalue weighted by Gasteiger charge is 2.44. The predicted octanol–water partition coefficient (Wildman–Crippen LogP) is -1.52. The standard InChI is InChI=1S/C9H6N2O6/c12-4-17-5-3-8(15)11(9(5)16)10-6(13)1-2-7(10)14/h3-4H,1-2H2. The van der Waals surface area contributed by atoms with E-state index in [2.05, 4.69) is 4.74 Å². The first-order valence-corrected chi connectivity index (χ1v) is 4.62. The van der Waals surface area contributed by atoms with Crippen LogP contribution in [0.3, 0.4) is 0 Å². The van der Waals surface area contributed by atoms with Crippen LogP contribution in [0.25, 0.3) is 0 Å². The summed E-state index contributed by atoms with van der Waals surface area (Å²) in [5.74, 6) is -3.70. The van der Waals surface area contributed by atoms with Crippen molar-refractivity contribution in [2.24, 2.45) is 0 Å². The van der Waals surface area contributed by atoms with Crippen LogP contribution in [0.5, 0.6) is 0 Å². The molecule has 2 aliphatic rings. The first-order chi connectivity index (χ1) is 8.06. The second-order valence-electron chi connectivity index (χ2n) is 3.28. The summed E-state index contributed by atoms with van der Waals surface area (Å²) < 4.78 is 4.27. The maximum atomic E-state index is 11.6. The predicted molar refractivity (Wildman–Crippen MR) is 48.2 cm³/mol. The summed E-state index contributed by atoms with van der Waals surface area (Å²) in [6, 6.07) is 0. The third kappa shape index (κ3) is 1.59. The van der Waals surface area contributed by atoms with E-state index in [4.69, 9.17) is 0 Å². The highest BCUT2D eigenvalue weighted by molar-refractivity contribution is 6.18. The molecule has 2 rings (SSSR count). The molecular formula is C9H6N2O6. The Kier molecular flexibility index (Phi) is 2.47. The third-order valence-corrected chi connectivity index (χ3v) is 2.27. The van der Waals surface area contributed by atoms with E-state index in [1.54, 1.807) is 0 Å². The Hall–Kier alpha value is -2.51. The Labute approximate surface area is 94.4 Å². The molecule has 8 heteroatoms. The molecule has 1 fully saturated rings. The average Bonchev–Trinajstić information content (AvgIpc) is 2.72. The number of hydrogen-bond acceptors (Lipinski definition) is 6. The normalized spacial score (nSPS) is 20.1. The second-order valence-corrected chi connectivity index (χ2v) is 3.28. The Balaban J connectivity index is 2.27. The minimum atomic E-state index is -1.01. The van der Waals surface area contributed by atoms with Crippen molar-refractivity contribution >= 4 is 30.1 Å². The van der Waals surface area contributed by atoms with Gasteiger partial charge in [0.15, 0.2) is 0 Å². The van der Waals surface area contributed by atoms with Gasteiger partial charge in [-0.25, -0.2) is 0 Å². The summed E-state index contributed by atoms with van der Waals surface area (Å²) >= 11 is 0. The topological polar surface area (TPSA) is 101 Å². The van der Waals surface area contributed by atoms with Crippen molar-refractivity contribution < 1.29 is 28.7 Å². The first-order valence-electron chi connectivity index (χ1n) is 4.62. The lowest BCUT2D eigenvalue weighted by atomic mass is 10.4. The van der Waals surface area contributed by atoms with Crippen LogP contribution in [0.15, 0.2) is 11.8 Å². The van der Waals surface area contributed by atoms with E-state index in [0.29, 0.717) is 10.0 Å². The summed E-state index contributed by atoms with van der Waals surface area (Å²) in [6.07, 6.45) is 0.634. The van der Waals surface area contributed by atoms with Crippen LogP contribution in [0.4, 0.5) is 0 Å². The van der Waals surface area contributed by atoms with Crippen LogP contribution < -0.4 is 0 Å². The fourth-order valence-electron chi connectivity index (χ4n) is 1.55. The van der Waals surface area contributed by atoms with Crippen LogP contribution in [-0.2, 0) is 28.7 Å². The minimum Gasteiger partial charge on any atom is -0.423 e. The Morgan fingerprint density at radius 1 is 1.06 bits per heavy atom. The number of amides is 4. The largest absolute Gasteiger partial charge is 0.423 e. The second kappa shape index (κ2) is 3.81. The van der Waals surface area contributed by atoms with Gasteiger partial charge in [-0.1, -0.05) is 0 Å². The molecule has 4 amide bonds. The minimum absolute atomic E-state index is 0.0197. The van der Waals surface area contributed by atoms with Gasteiger partial charge in [-0.15, -0.1) is 0 Å². The lowest BCUT2D eigenvalue weighted by Gasteiger charge is -2.22. The Morgan fingerprint density at radius 3 is 2.18 bits per heavy atom. The van der Waals surface area contributed by atoms with E-state index < -0.39 is 29.4 Å². The Morgan fingerprint density at radius 2 is 1.65 bits per heavy atom. The molecule has 0 aromatic carbocycles. The fraction of sp³-hybridized carbons (Fsp3) is 0.222. The summed E-state index contributed by atoms with van der Waals surface area (Å²) in [7, 11) is 0. The maximum Gasteiger partial charge on any atom is 0.316 e. The number of imide groups is 2. The van der Waals surface area contributed by atoms with Crippen molar-refractivity contribution in [3.63, 3.8) is 0 Å². The van der Waals surface area contributed by atoms with Crippen molar-refractivity contribution in [3.8, 4) is 0 Å². The molecule has 0 spiro atoms. The number of rotatable bonds is 3. The van der Waals surface area contributed by atoms with Gasteiger partial charge >= 0.3 is 5.91 Å². The monoisotopic (exact) mass is 238 g/mol. The van der Waals surface area contributed by atoms with Gasteiger partial charge in [0.05, 0.1) is 6.08 Å². The van der Waals surface area contributed by atoms with Gasteiger partial charge in [-0.05, 0) is 0 Å². The van der Waals surface area contributed by atoms with Gasteiger partial charge < -0.3 is 4.74 Å². The molecule has 0 unspecified atom stereocenters. The number of hydrogen-bond donors (Lipinski definition) is 0. The summed E-state index contributed by atoms with van der Waals surface area (Å²) in [4.78, 5) is 55.8. The highest BCUT2D eigenvalue weighted by Crippen LogP contribution is 2.21. The van der Waals surface area contributed by atoms with E-state index in [1.165, 1.54) is 0 Å². The number of nitrogens with zero attached hydrogens (tertiary/aromatic N) is 2. The molecule has 1 saturated heterocycles.